The van der Waals surface area contributed by atoms with Crippen molar-refractivity contribution >= 4 is 39.3 Å². The highest BCUT2D eigenvalue weighted by Gasteiger charge is 2.46. The molecule has 1 unspecified atom stereocenters. The molecule has 4 rings (SSSR count). The van der Waals surface area contributed by atoms with Crippen molar-refractivity contribution in [1.82, 2.24) is 4.90 Å². The van der Waals surface area contributed by atoms with Gasteiger partial charge in [-0.1, -0.05) is 59.1 Å². The van der Waals surface area contributed by atoms with Crippen molar-refractivity contribution in [1.29, 1.82) is 0 Å². The van der Waals surface area contributed by atoms with E-state index in [0.717, 1.165) is 35.7 Å². The van der Waals surface area contributed by atoms with E-state index in [1.165, 1.54) is 4.90 Å². The van der Waals surface area contributed by atoms with Crippen LogP contribution in [0, 0.1) is 0 Å². The molecule has 5 nitrogen and oxygen atoms in total. The lowest BCUT2D eigenvalue weighted by molar-refractivity contribution is -0.140. The van der Waals surface area contributed by atoms with Crippen molar-refractivity contribution in [3.05, 3.63) is 64.6 Å². The van der Waals surface area contributed by atoms with Crippen molar-refractivity contribution < 1.29 is 14.4 Å². The van der Waals surface area contributed by atoms with Crippen LogP contribution in [0.15, 0.2) is 59.1 Å². The number of halogens is 1. The highest BCUT2D eigenvalue weighted by atomic mass is 79.9. The SMILES string of the molecule is O=C1CC(N(C(=O)Cc2ccccc2)C2CCCC2)C(=O)N1c1ccc(Br)cc1. The number of imide groups is 1. The van der Waals surface area contributed by atoms with Crippen LogP contribution in [0.2, 0.25) is 0 Å². The summed E-state index contributed by atoms with van der Waals surface area (Å²) in [6.45, 7) is 0. The second-order valence-corrected chi connectivity index (χ2v) is 8.58. The first-order valence-corrected chi connectivity index (χ1v) is 10.8. The molecule has 2 aromatic rings. The minimum atomic E-state index is -0.717. The predicted octanol–water partition coefficient (Wildman–Crippen LogP) is 4.09. The Bertz CT molecular complexity index is 907. The Labute approximate surface area is 178 Å². The zero-order chi connectivity index (χ0) is 20.4. The summed E-state index contributed by atoms with van der Waals surface area (Å²) < 4.78 is 0.877. The Balaban J connectivity index is 1.60. The lowest BCUT2D eigenvalue weighted by atomic mass is 10.1. The summed E-state index contributed by atoms with van der Waals surface area (Å²) in [5.41, 5.74) is 1.47. The smallest absolute Gasteiger partial charge is 0.257 e. The van der Waals surface area contributed by atoms with Gasteiger partial charge in [0.05, 0.1) is 18.5 Å². The van der Waals surface area contributed by atoms with Crippen molar-refractivity contribution in [3.63, 3.8) is 0 Å². The molecule has 0 N–H and O–H groups in total. The van der Waals surface area contributed by atoms with Gasteiger partial charge in [-0.15, -0.1) is 0 Å². The Morgan fingerprint density at radius 3 is 2.31 bits per heavy atom. The molecular weight excluding hydrogens is 432 g/mol. The Kier molecular flexibility index (Phi) is 5.81. The summed E-state index contributed by atoms with van der Waals surface area (Å²) in [7, 11) is 0. The van der Waals surface area contributed by atoms with Gasteiger partial charge in [0.1, 0.15) is 6.04 Å². The molecule has 2 aromatic carbocycles. The van der Waals surface area contributed by atoms with E-state index in [0.29, 0.717) is 5.69 Å². The maximum Gasteiger partial charge on any atom is 0.257 e. The van der Waals surface area contributed by atoms with Gasteiger partial charge in [0.2, 0.25) is 11.8 Å². The van der Waals surface area contributed by atoms with Crippen LogP contribution in [-0.2, 0) is 20.8 Å². The minimum absolute atomic E-state index is 0.0258. The normalized spacial score (nSPS) is 19.8. The van der Waals surface area contributed by atoms with Crippen LogP contribution in [0.25, 0.3) is 0 Å². The summed E-state index contributed by atoms with van der Waals surface area (Å²) in [5.74, 6) is -0.629. The zero-order valence-corrected chi connectivity index (χ0v) is 17.7. The van der Waals surface area contributed by atoms with Crippen molar-refractivity contribution in [3.8, 4) is 0 Å². The highest BCUT2D eigenvalue weighted by Crippen LogP contribution is 2.32. The van der Waals surface area contributed by atoms with Gasteiger partial charge in [-0.2, -0.15) is 0 Å². The lowest BCUT2D eigenvalue weighted by Gasteiger charge is -2.33. The molecule has 150 valence electrons. The summed E-state index contributed by atoms with van der Waals surface area (Å²) in [6, 6.07) is 16.0. The molecule has 2 fully saturated rings. The fourth-order valence-electron chi connectivity index (χ4n) is 4.37. The molecule has 1 saturated carbocycles. The second kappa shape index (κ2) is 8.49. The van der Waals surface area contributed by atoms with Crippen LogP contribution < -0.4 is 4.90 Å². The van der Waals surface area contributed by atoms with Crippen LogP contribution >= 0.6 is 15.9 Å². The van der Waals surface area contributed by atoms with Gasteiger partial charge < -0.3 is 4.90 Å². The van der Waals surface area contributed by atoms with E-state index in [-0.39, 0.29) is 36.6 Å². The number of anilines is 1. The van der Waals surface area contributed by atoms with Gasteiger partial charge in [-0.3, -0.25) is 14.4 Å². The van der Waals surface area contributed by atoms with Crippen LogP contribution in [0.5, 0.6) is 0 Å². The third kappa shape index (κ3) is 4.13. The van der Waals surface area contributed by atoms with E-state index in [2.05, 4.69) is 15.9 Å². The van der Waals surface area contributed by atoms with Crippen molar-refractivity contribution in [2.75, 3.05) is 4.90 Å². The monoisotopic (exact) mass is 454 g/mol. The first-order valence-electron chi connectivity index (χ1n) is 10.0. The molecule has 1 aliphatic heterocycles. The number of hydrogen-bond donors (Lipinski definition) is 0. The van der Waals surface area contributed by atoms with Gasteiger partial charge >= 0.3 is 0 Å². The van der Waals surface area contributed by atoms with Crippen LogP contribution in [0.1, 0.15) is 37.7 Å². The first-order chi connectivity index (χ1) is 14.0. The van der Waals surface area contributed by atoms with Gasteiger partial charge in [0.15, 0.2) is 0 Å². The quantitative estimate of drug-likeness (QED) is 0.639. The van der Waals surface area contributed by atoms with Gasteiger partial charge in [-0.05, 0) is 42.7 Å². The molecule has 6 heteroatoms. The van der Waals surface area contributed by atoms with E-state index in [9.17, 15) is 14.4 Å². The third-order valence-electron chi connectivity index (χ3n) is 5.75. The van der Waals surface area contributed by atoms with Crippen molar-refractivity contribution in [2.45, 2.75) is 50.6 Å². The highest BCUT2D eigenvalue weighted by molar-refractivity contribution is 9.10. The summed E-state index contributed by atoms with van der Waals surface area (Å²) >= 11 is 3.37. The fourth-order valence-corrected chi connectivity index (χ4v) is 4.64. The molecule has 1 atom stereocenters. The number of rotatable bonds is 5. The molecule has 2 aliphatic rings. The number of hydrogen-bond acceptors (Lipinski definition) is 3. The Hall–Kier alpha value is -2.47. The molecule has 1 heterocycles. The molecular formula is C23H23BrN2O3. The van der Waals surface area contributed by atoms with Gasteiger partial charge in [-0.25, -0.2) is 4.90 Å². The molecule has 1 aliphatic carbocycles. The predicted molar refractivity (Wildman–Crippen MR) is 114 cm³/mol. The standard InChI is InChI=1S/C23H23BrN2O3/c24-17-10-12-19(13-11-17)26-22(28)15-20(23(26)29)25(18-8-4-5-9-18)21(27)14-16-6-2-1-3-7-16/h1-3,6-7,10-13,18,20H,4-5,8-9,14-15H2. The van der Waals surface area contributed by atoms with E-state index in [4.69, 9.17) is 0 Å². The topological polar surface area (TPSA) is 57.7 Å². The Morgan fingerprint density at radius 2 is 1.66 bits per heavy atom. The average molecular weight is 455 g/mol. The summed E-state index contributed by atoms with van der Waals surface area (Å²) in [5, 5.41) is 0. The van der Waals surface area contributed by atoms with Crippen molar-refractivity contribution in [2.24, 2.45) is 0 Å². The summed E-state index contributed by atoms with van der Waals surface area (Å²) in [6.07, 6.45) is 4.16. The average Bonchev–Trinajstić information content (AvgIpc) is 3.33. The molecule has 0 aromatic heterocycles. The molecule has 1 saturated heterocycles. The van der Waals surface area contributed by atoms with E-state index >= 15 is 0 Å². The number of nitrogens with zero attached hydrogens (tertiary/aromatic N) is 2. The maximum atomic E-state index is 13.3. The third-order valence-corrected chi connectivity index (χ3v) is 6.28. The van der Waals surface area contributed by atoms with E-state index in [1.54, 1.807) is 29.2 Å². The van der Waals surface area contributed by atoms with Gasteiger partial charge in [0.25, 0.3) is 5.91 Å². The summed E-state index contributed by atoms with van der Waals surface area (Å²) in [4.78, 5) is 42.2. The van der Waals surface area contributed by atoms with E-state index in [1.807, 2.05) is 30.3 Å². The molecule has 0 radical (unpaired) electrons. The number of benzene rings is 2. The van der Waals surface area contributed by atoms with E-state index < -0.39 is 6.04 Å². The Morgan fingerprint density at radius 1 is 1.00 bits per heavy atom. The fraction of sp³-hybridized carbons (Fsp3) is 0.348. The largest absolute Gasteiger partial charge is 0.327 e. The minimum Gasteiger partial charge on any atom is -0.327 e. The van der Waals surface area contributed by atoms with Gasteiger partial charge in [0, 0.05) is 10.5 Å². The molecule has 29 heavy (non-hydrogen) atoms. The first kappa shape index (κ1) is 19.8. The number of amides is 3. The lowest BCUT2D eigenvalue weighted by Crippen LogP contribution is -2.50. The molecule has 3 amide bonds. The number of carbonyl (C=O) groups is 3. The molecule has 0 spiro atoms. The van der Waals surface area contributed by atoms with Crippen LogP contribution in [0.3, 0.4) is 0 Å². The van der Waals surface area contributed by atoms with Crippen LogP contribution in [-0.4, -0.2) is 34.7 Å². The maximum absolute atomic E-state index is 13.3. The molecule has 0 bridgehead atoms. The van der Waals surface area contributed by atoms with Crippen LogP contribution in [0.4, 0.5) is 5.69 Å². The zero-order valence-electron chi connectivity index (χ0n) is 16.1. The second-order valence-electron chi connectivity index (χ2n) is 7.67. The number of carbonyl (C=O) groups excluding carboxylic acids is 3.